The van der Waals surface area contributed by atoms with Gasteiger partial charge in [0.05, 0.1) is 18.8 Å². The third-order valence-corrected chi connectivity index (χ3v) is 10.3. The van der Waals surface area contributed by atoms with Gasteiger partial charge in [-0.2, -0.15) is 10.2 Å². The van der Waals surface area contributed by atoms with Crippen molar-refractivity contribution in [2.75, 3.05) is 31.1 Å². The highest BCUT2D eigenvalue weighted by Crippen LogP contribution is 2.43. The predicted molar refractivity (Wildman–Crippen MR) is 181 cm³/mol. The molecule has 0 saturated carbocycles. The first-order valence-corrected chi connectivity index (χ1v) is 17.7. The van der Waals surface area contributed by atoms with E-state index in [9.17, 15) is 23.2 Å². The molecule has 0 unspecified atom stereocenters. The molecule has 1 N–H and O–H groups in total. The highest BCUT2D eigenvalue weighted by atomic mass is 19.3. The zero-order valence-corrected chi connectivity index (χ0v) is 28.5. The van der Waals surface area contributed by atoms with Crippen LogP contribution < -0.4 is 4.90 Å². The Kier molecular flexibility index (Phi) is 10.6. The maximum absolute atomic E-state index is 14.6. The number of unbranched alkanes of at least 4 members (excludes halogenated alkanes) is 4. The van der Waals surface area contributed by atoms with Gasteiger partial charge in [-0.15, -0.1) is 0 Å². The van der Waals surface area contributed by atoms with Crippen LogP contribution in [0.2, 0.25) is 0 Å². The van der Waals surface area contributed by atoms with E-state index < -0.39 is 12.4 Å². The number of piperidine rings is 1. The molecule has 49 heavy (non-hydrogen) atoms. The molecule has 0 bridgehead atoms. The van der Waals surface area contributed by atoms with E-state index in [-0.39, 0.29) is 29.8 Å². The Labute approximate surface area is 285 Å². The molecule has 0 atom stereocenters. The molecule has 3 aliphatic heterocycles. The first-order chi connectivity index (χ1) is 23.6. The van der Waals surface area contributed by atoms with E-state index in [4.69, 9.17) is 10.2 Å². The summed E-state index contributed by atoms with van der Waals surface area (Å²) in [6, 6.07) is 3.61. The van der Waals surface area contributed by atoms with Crippen LogP contribution in [0.1, 0.15) is 106 Å². The molecule has 264 valence electrons. The number of halogens is 2. The lowest BCUT2D eigenvalue weighted by Crippen LogP contribution is -2.40. The quantitative estimate of drug-likeness (QED) is 0.227. The van der Waals surface area contributed by atoms with E-state index in [1.165, 1.54) is 0 Å². The molecule has 6 rings (SSSR count). The molecule has 1 aromatic carbocycles. The fraction of sp³-hybridized carbons (Fsp3) is 0.583. The summed E-state index contributed by atoms with van der Waals surface area (Å²) in [5, 5.41) is 18.2. The van der Waals surface area contributed by atoms with Crippen LogP contribution in [-0.2, 0) is 40.8 Å². The lowest BCUT2D eigenvalue weighted by atomic mass is 9.92. The second-order valence-electron chi connectivity index (χ2n) is 13.7. The Bertz CT molecular complexity index is 1680. The molecule has 1 fully saturated rings. The van der Waals surface area contributed by atoms with Gasteiger partial charge >= 0.3 is 5.97 Å². The van der Waals surface area contributed by atoms with Crippen molar-refractivity contribution >= 4 is 29.3 Å². The average molecular weight is 680 g/mol. The minimum atomic E-state index is -2.67. The number of carboxylic acid groups (broad SMARTS) is 1. The average Bonchev–Trinajstić information content (AvgIpc) is 3.70. The summed E-state index contributed by atoms with van der Waals surface area (Å²) in [7, 11) is 1.77. The third kappa shape index (κ3) is 7.65. The maximum Gasteiger partial charge on any atom is 0.303 e. The highest BCUT2D eigenvalue weighted by Gasteiger charge is 2.35. The van der Waals surface area contributed by atoms with Crippen molar-refractivity contribution in [2.24, 2.45) is 7.05 Å². The van der Waals surface area contributed by atoms with Gasteiger partial charge in [-0.25, -0.2) is 8.78 Å². The molecule has 1 saturated heterocycles. The molecular formula is C36H47F2N7O4. The number of aromatic nitrogens is 4. The number of alkyl halides is 2. The number of aliphatic carboxylic acids is 1. The van der Waals surface area contributed by atoms with E-state index in [1.807, 2.05) is 15.9 Å². The lowest BCUT2D eigenvalue weighted by molar-refractivity contribution is -0.137. The van der Waals surface area contributed by atoms with Gasteiger partial charge in [0.2, 0.25) is 11.8 Å². The van der Waals surface area contributed by atoms with Crippen LogP contribution in [0.25, 0.3) is 11.1 Å². The summed E-state index contributed by atoms with van der Waals surface area (Å²) in [6.07, 6.45) is 9.44. The van der Waals surface area contributed by atoms with Crippen LogP contribution in [0.4, 0.5) is 20.3 Å². The fourth-order valence-electron chi connectivity index (χ4n) is 7.68. The van der Waals surface area contributed by atoms with Crippen molar-refractivity contribution in [3.8, 4) is 11.1 Å². The molecular weight excluding hydrogens is 632 g/mol. The van der Waals surface area contributed by atoms with Crippen LogP contribution in [-0.4, -0.2) is 78.4 Å². The Morgan fingerprint density at radius 2 is 1.69 bits per heavy atom. The Balaban J connectivity index is 1.21. The number of carbonyl (C=O) groups is 3. The summed E-state index contributed by atoms with van der Waals surface area (Å²) in [4.78, 5) is 42.0. The molecule has 11 nitrogen and oxygen atoms in total. The summed E-state index contributed by atoms with van der Waals surface area (Å²) < 4.78 is 32.9. The predicted octanol–water partition coefficient (Wildman–Crippen LogP) is 6.19. The van der Waals surface area contributed by atoms with E-state index in [0.29, 0.717) is 63.1 Å². The Hall–Kier alpha value is -4.29. The van der Waals surface area contributed by atoms with Gasteiger partial charge < -0.3 is 19.8 Å². The number of anilines is 2. The SMILES string of the molecule is CC(=O)N1CCc2c(c(N3CCCc4cc(-c5cnn(C)c5)c(C(F)F)cc43)nn2C2CCN(C(=O)CCCCCCCC(=O)O)CC2)C1. The number of hydrogen-bond acceptors (Lipinski definition) is 6. The van der Waals surface area contributed by atoms with Gasteiger partial charge in [0.1, 0.15) is 0 Å². The molecule has 13 heteroatoms. The highest BCUT2D eigenvalue weighted by molar-refractivity contribution is 5.78. The maximum atomic E-state index is 14.6. The van der Waals surface area contributed by atoms with Gasteiger partial charge in [-0.1, -0.05) is 19.3 Å². The number of carbonyl (C=O) groups excluding carboxylic acids is 2. The van der Waals surface area contributed by atoms with E-state index in [0.717, 1.165) is 79.7 Å². The van der Waals surface area contributed by atoms with Crippen molar-refractivity contribution in [3.63, 3.8) is 0 Å². The van der Waals surface area contributed by atoms with Crippen LogP contribution in [0, 0.1) is 0 Å². The summed E-state index contributed by atoms with van der Waals surface area (Å²) in [6.45, 7) is 4.53. The zero-order valence-electron chi connectivity index (χ0n) is 28.5. The molecule has 3 aromatic rings. The second kappa shape index (κ2) is 15.1. The number of carboxylic acids is 1. The van der Waals surface area contributed by atoms with Crippen LogP contribution >= 0.6 is 0 Å². The standard InChI is InChI=1S/C36H47F2N7O4/c1-24(46)43-18-14-31-30(23-43)36(40-45(31)27-12-16-42(17-13-27)33(47)10-6-4-3-5-7-11-34(48)49)44-15-8-9-25-19-28(26-21-39-41(2)22-26)29(35(37)38)20-32(25)44/h19-22,27,35H,3-18,23H2,1-2H3,(H,48,49). The lowest BCUT2D eigenvalue weighted by Gasteiger charge is -2.34. The van der Waals surface area contributed by atoms with Crippen molar-refractivity contribution < 1.29 is 28.3 Å². The summed E-state index contributed by atoms with van der Waals surface area (Å²) in [5.74, 6) is 0.129. The normalized spacial score (nSPS) is 16.6. The van der Waals surface area contributed by atoms with Gasteiger partial charge in [0.15, 0.2) is 5.82 Å². The van der Waals surface area contributed by atoms with Gasteiger partial charge in [0, 0.05) is 93.7 Å². The van der Waals surface area contributed by atoms with E-state index >= 15 is 0 Å². The molecule has 2 amide bonds. The van der Waals surface area contributed by atoms with Gasteiger partial charge in [-0.05, 0) is 61.8 Å². The van der Waals surface area contributed by atoms with Crippen molar-refractivity contribution in [1.82, 2.24) is 29.4 Å². The molecule has 5 heterocycles. The number of aryl methyl sites for hydroxylation is 2. The number of fused-ring (bicyclic) bond motifs is 2. The first-order valence-electron chi connectivity index (χ1n) is 17.7. The third-order valence-electron chi connectivity index (χ3n) is 10.3. The minimum Gasteiger partial charge on any atom is -0.481 e. The number of hydrogen-bond donors (Lipinski definition) is 1. The summed E-state index contributed by atoms with van der Waals surface area (Å²) >= 11 is 0. The fourth-order valence-corrected chi connectivity index (χ4v) is 7.68. The minimum absolute atomic E-state index is 0.00317. The van der Waals surface area contributed by atoms with E-state index in [1.54, 1.807) is 37.1 Å². The molecule has 0 radical (unpaired) electrons. The number of rotatable bonds is 12. The zero-order chi connectivity index (χ0) is 34.7. The van der Waals surface area contributed by atoms with Crippen molar-refractivity contribution in [2.45, 2.75) is 103 Å². The molecule has 2 aromatic heterocycles. The van der Waals surface area contributed by atoms with Crippen LogP contribution in [0.3, 0.4) is 0 Å². The first kappa shape index (κ1) is 34.6. The topological polar surface area (TPSA) is 117 Å². The number of amides is 2. The Morgan fingerprint density at radius 3 is 2.37 bits per heavy atom. The molecule has 3 aliphatic rings. The van der Waals surface area contributed by atoms with Gasteiger partial charge in [-0.3, -0.25) is 23.7 Å². The number of nitrogens with zero attached hydrogens (tertiary/aromatic N) is 7. The van der Waals surface area contributed by atoms with E-state index in [2.05, 4.69) is 14.7 Å². The van der Waals surface area contributed by atoms with Crippen LogP contribution in [0.15, 0.2) is 24.5 Å². The van der Waals surface area contributed by atoms with Crippen molar-refractivity contribution in [1.29, 1.82) is 0 Å². The van der Waals surface area contributed by atoms with Crippen molar-refractivity contribution in [3.05, 3.63) is 46.9 Å². The number of likely N-dealkylation sites (tertiary alicyclic amines) is 1. The molecule has 0 aliphatic carbocycles. The summed E-state index contributed by atoms with van der Waals surface area (Å²) in [5.41, 5.74) is 4.92. The van der Waals surface area contributed by atoms with Gasteiger partial charge in [0.25, 0.3) is 6.43 Å². The number of benzene rings is 1. The Morgan fingerprint density at radius 1 is 0.959 bits per heavy atom. The van der Waals surface area contributed by atoms with Crippen LogP contribution in [0.5, 0.6) is 0 Å². The largest absolute Gasteiger partial charge is 0.481 e. The second-order valence-corrected chi connectivity index (χ2v) is 13.7. The molecule has 0 spiro atoms. The smallest absolute Gasteiger partial charge is 0.303 e. The monoisotopic (exact) mass is 679 g/mol.